The number of hydrogen-bond acceptors (Lipinski definition) is 5. The van der Waals surface area contributed by atoms with E-state index in [1.807, 2.05) is 0 Å². The molecule has 0 aromatic heterocycles. The fraction of sp³-hybridized carbons (Fsp3) is 0.905. The first-order valence-corrected chi connectivity index (χ1v) is 12.4. The molecule has 6 nitrogen and oxygen atoms in total. The van der Waals surface area contributed by atoms with Gasteiger partial charge in [-0.25, -0.2) is 0 Å². The summed E-state index contributed by atoms with van der Waals surface area (Å²) in [6.45, 7) is 0.179. The van der Waals surface area contributed by atoms with Gasteiger partial charge in [0.25, 0.3) is 10.1 Å². The van der Waals surface area contributed by atoms with Crippen LogP contribution in [0, 0.1) is 29.1 Å². The lowest BCUT2D eigenvalue weighted by atomic mass is 9.50. The molecular formula is C21H32O6S. The molecule has 5 rings (SSSR count). The van der Waals surface area contributed by atoms with Gasteiger partial charge in [-0.2, -0.15) is 8.42 Å². The van der Waals surface area contributed by atoms with Crippen LogP contribution in [-0.4, -0.2) is 36.6 Å². The van der Waals surface area contributed by atoms with E-state index >= 15 is 0 Å². The quantitative estimate of drug-likeness (QED) is 0.390. The molecule has 0 aliphatic heterocycles. The summed E-state index contributed by atoms with van der Waals surface area (Å²) >= 11 is 0. The summed E-state index contributed by atoms with van der Waals surface area (Å²) in [6, 6.07) is 0. The fourth-order valence-electron chi connectivity index (χ4n) is 6.97. The van der Waals surface area contributed by atoms with Crippen LogP contribution in [0.25, 0.3) is 0 Å². The van der Waals surface area contributed by atoms with E-state index in [1.165, 1.54) is 19.3 Å². The molecule has 0 aromatic carbocycles. The number of Topliss-reactive ketones (excluding diaryl/α,β-unsaturated/α-hetero) is 1. The van der Waals surface area contributed by atoms with Crippen LogP contribution >= 0.6 is 0 Å². The van der Waals surface area contributed by atoms with Crippen molar-refractivity contribution in [2.24, 2.45) is 29.1 Å². The van der Waals surface area contributed by atoms with Crippen LogP contribution in [0.15, 0.2) is 0 Å². The van der Waals surface area contributed by atoms with Crippen LogP contribution in [0.1, 0.15) is 77.0 Å². The van der Waals surface area contributed by atoms with E-state index in [1.54, 1.807) is 0 Å². The van der Waals surface area contributed by atoms with Crippen molar-refractivity contribution in [3.8, 4) is 0 Å². The van der Waals surface area contributed by atoms with Gasteiger partial charge in [-0.1, -0.05) is 32.1 Å². The van der Waals surface area contributed by atoms with Crippen LogP contribution in [0.4, 0.5) is 0 Å². The van der Waals surface area contributed by atoms with Crippen molar-refractivity contribution in [2.75, 3.05) is 6.61 Å². The van der Waals surface area contributed by atoms with Crippen LogP contribution in [0.2, 0.25) is 0 Å². The summed E-state index contributed by atoms with van der Waals surface area (Å²) in [5.41, 5.74) is -0.0550. The molecule has 1 unspecified atom stereocenters. The van der Waals surface area contributed by atoms with E-state index in [4.69, 9.17) is 4.74 Å². The summed E-state index contributed by atoms with van der Waals surface area (Å²) < 4.78 is 38.6. The van der Waals surface area contributed by atoms with Crippen molar-refractivity contribution in [1.29, 1.82) is 0 Å². The lowest BCUT2D eigenvalue weighted by Gasteiger charge is -2.56. The number of carbonyl (C=O) groups is 2. The third-order valence-electron chi connectivity index (χ3n) is 7.70. The SMILES string of the molecule is O=C(CC1CCCCC1)C(C(=O)OCC12CC3CC(CC(C3)C1)C2)S(=O)(=O)O. The monoisotopic (exact) mass is 412 g/mol. The van der Waals surface area contributed by atoms with Crippen molar-refractivity contribution < 1.29 is 27.3 Å². The van der Waals surface area contributed by atoms with Crippen LogP contribution < -0.4 is 0 Å². The first kappa shape index (κ1) is 20.3. The molecule has 158 valence electrons. The van der Waals surface area contributed by atoms with Gasteiger partial charge in [0, 0.05) is 11.8 Å². The molecule has 1 atom stereocenters. The Kier molecular flexibility index (Phi) is 5.60. The van der Waals surface area contributed by atoms with Crippen LogP contribution in [-0.2, 0) is 24.4 Å². The van der Waals surface area contributed by atoms with Gasteiger partial charge >= 0.3 is 5.97 Å². The maximum Gasteiger partial charge on any atom is 0.334 e. The molecule has 0 spiro atoms. The first-order valence-electron chi connectivity index (χ1n) is 10.9. The topological polar surface area (TPSA) is 97.7 Å². The van der Waals surface area contributed by atoms with E-state index < -0.39 is 27.1 Å². The molecule has 0 aromatic rings. The van der Waals surface area contributed by atoms with E-state index in [-0.39, 0.29) is 24.4 Å². The fourth-order valence-corrected chi connectivity index (χ4v) is 7.71. The molecule has 5 saturated carbocycles. The first-order chi connectivity index (χ1) is 13.2. The van der Waals surface area contributed by atoms with Gasteiger partial charge in [0.15, 0.2) is 5.78 Å². The molecule has 5 fully saturated rings. The number of ketones is 1. The third-order valence-corrected chi connectivity index (χ3v) is 8.76. The predicted molar refractivity (Wildman–Crippen MR) is 103 cm³/mol. The maximum absolute atomic E-state index is 12.6. The normalized spacial score (nSPS) is 36.2. The molecule has 28 heavy (non-hydrogen) atoms. The minimum atomic E-state index is -4.82. The zero-order chi connectivity index (χ0) is 19.9. The van der Waals surface area contributed by atoms with Gasteiger partial charge in [-0.05, 0) is 62.2 Å². The average Bonchev–Trinajstić information content (AvgIpc) is 2.58. The van der Waals surface area contributed by atoms with E-state index in [0.29, 0.717) is 17.8 Å². The summed E-state index contributed by atoms with van der Waals surface area (Å²) in [5.74, 6) is 0.367. The van der Waals surface area contributed by atoms with Gasteiger partial charge in [0.05, 0.1) is 6.61 Å². The number of hydrogen-bond donors (Lipinski definition) is 1. The van der Waals surface area contributed by atoms with Crippen molar-refractivity contribution in [3.63, 3.8) is 0 Å². The summed E-state index contributed by atoms with van der Waals surface area (Å²) in [7, 11) is -4.82. The van der Waals surface area contributed by atoms with Crippen molar-refractivity contribution >= 4 is 21.9 Å². The highest BCUT2D eigenvalue weighted by molar-refractivity contribution is 7.88. The number of esters is 1. The molecule has 5 aliphatic rings. The Balaban J connectivity index is 1.39. The highest BCUT2D eigenvalue weighted by Gasteiger charge is 2.52. The lowest BCUT2D eigenvalue weighted by molar-refractivity contribution is -0.156. The van der Waals surface area contributed by atoms with Gasteiger partial charge in [0.1, 0.15) is 0 Å². The zero-order valence-corrected chi connectivity index (χ0v) is 17.3. The second-order valence-electron chi connectivity index (χ2n) is 10.1. The Bertz CT molecular complexity index is 686. The van der Waals surface area contributed by atoms with E-state index in [0.717, 1.165) is 51.4 Å². The highest BCUT2D eigenvalue weighted by Crippen LogP contribution is 2.60. The van der Waals surface area contributed by atoms with Crippen molar-refractivity contribution in [3.05, 3.63) is 0 Å². The summed E-state index contributed by atoms with van der Waals surface area (Å²) in [6.07, 6.45) is 11.8. The molecule has 0 radical (unpaired) electrons. The number of ether oxygens (including phenoxy) is 1. The van der Waals surface area contributed by atoms with Crippen molar-refractivity contribution in [1.82, 2.24) is 0 Å². The minimum absolute atomic E-state index is 0.0247. The van der Waals surface area contributed by atoms with Gasteiger partial charge < -0.3 is 4.74 Å². The number of carbonyl (C=O) groups excluding carboxylic acids is 2. The molecule has 0 saturated heterocycles. The van der Waals surface area contributed by atoms with Gasteiger partial charge in [-0.3, -0.25) is 14.1 Å². The summed E-state index contributed by atoms with van der Waals surface area (Å²) in [4.78, 5) is 25.2. The Labute approximate surface area is 167 Å². The highest BCUT2D eigenvalue weighted by atomic mass is 32.2. The molecule has 1 N–H and O–H groups in total. The van der Waals surface area contributed by atoms with Gasteiger partial charge in [0.2, 0.25) is 5.25 Å². The van der Waals surface area contributed by atoms with Crippen LogP contribution in [0.3, 0.4) is 0 Å². The van der Waals surface area contributed by atoms with Gasteiger partial charge in [-0.15, -0.1) is 0 Å². The molecule has 4 bridgehead atoms. The molecule has 7 heteroatoms. The lowest BCUT2D eigenvalue weighted by Crippen LogP contribution is -2.49. The van der Waals surface area contributed by atoms with E-state index in [2.05, 4.69) is 0 Å². The molecular weight excluding hydrogens is 380 g/mol. The Morgan fingerprint density at radius 1 is 0.964 bits per heavy atom. The summed E-state index contributed by atoms with van der Waals surface area (Å²) in [5, 5.41) is -2.08. The Morgan fingerprint density at radius 2 is 1.50 bits per heavy atom. The standard InChI is InChI=1S/C21H32O6S/c22-18(9-14-4-2-1-3-5-14)19(28(24,25)26)20(23)27-13-21-10-15-6-16(11-21)8-17(7-15)12-21/h14-17,19H,1-13H2,(H,24,25,26). The number of rotatable bonds is 7. The maximum atomic E-state index is 12.6. The zero-order valence-electron chi connectivity index (χ0n) is 16.5. The van der Waals surface area contributed by atoms with E-state index in [9.17, 15) is 22.6 Å². The predicted octanol–water partition coefficient (Wildman–Crippen LogP) is 3.54. The molecule has 5 aliphatic carbocycles. The Hall–Kier alpha value is -0.950. The Morgan fingerprint density at radius 3 is 2.00 bits per heavy atom. The average molecular weight is 413 g/mol. The molecule has 0 heterocycles. The van der Waals surface area contributed by atoms with Crippen LogP contribution in [0.5, 0.6) is 0 Å². The second-order valence-corrected chi connectivity index (χ2v) is 11.6. The third kappa shape index (κ3) is 4.30. The smallest absolute Gasteiger partial charge is 0.334 e. The largest absolute Gasteiger partial charge is 0.464 e. The molecule has 0 amide bonds. The van der Waals surface area contributed by atoms with Crippen molar-refractivity contribution in [2.45, 2.75) is 82.3 Å². The second kappa shape index (κ2) is 7.71. The minimum Gasteiger partial charge on any atom is -0.464 e.